The van der Waals surface area contributed by atoms with Gasteiger partial charge in [0.15, 0.2) is 9.84 Å². The minimum absolute atomic E-state index is 0.0147. The molecule has 0 aliphatic carbocycles. The molecule has 116 valence electrons. The lowest BCUT2D eigenvalue weighted by molar-refractivity contribution is 0.545. The molecule has 0 radical (unpaired) electrons. The summed E-state index contributed by atoms with van der Waals surface area (Å²) in [5.74, 6) is -0.0978. The Morgan fingerprint density at radius 3 is 2.43 bits per heavy atom. The second-order valence-corrected chi connectivity index (χ2v) is 7.63. The molecule has 0 spiro atoms. The molecular weight excluding hydrogens is 294 g/mol. The van der Waals surface area contributed by atoms with Crippen LogP contribution in [-0.4, -0.2) is 28.6 Å². The van der Waals surface area contributed by atoms with Gasteiger partial charge in [-0.25, -0.2) is 13.2 Å². The van der Waals surface area contributed by atoms with E-state index >= 15 is 0 Å². The molecule has 1 rings (SSSR count). The summed E-state index contributed by atoms with van der Waals surface area (Å²) in [5, 5.41) is 8.41. The molecule has 0 aliphatic rings. The van der Waals surface area contributed by atoms with Gasteiger partial charge in [-0.15, -0.1) is 0 Å². The van der Waals surface area contributed by atoms with Crippen LogP contribution < -0.4 is 11.2 Å². The smallest absolute Gasteiger partial charge is 0.299 e. The Kier molecular flexibility index (Phi) is 5.49. The van der Waals surface area contributed by atoms with Crippen LogP contribution in [0.2, 0.25) is 0 Å². The monoisotopic (exact) mass is 313 g/mol. The molecule has 0 aromatic carbocycles. The van der Waals surface area contributed by atoms with E-state index in [1.54, 1.807) is 26.8 Å². The SMILES string of the molecule is CCn1cc(C#N)c(=O)n(CCCS(=O)(=O)C(C)C)c1=O. The highest BCUT2D eigenvalue weighted by atomic mass is 32.2. The van der Waals surface area contributed by atoms with Gasteiger partial charge in [-0.05, 0) is 27.2 Å². The Labute approximate surface area is 123 Å². The maximum atomic E-state index is 12.0. The van der Waals surface area contributed by atoms with Crippen LogP contribution in [0.5, 0.6) is 0 Å². The third-order valence-corrected chi connectivity index (χ3v) is 5.52. The zero-order chi connectivity index (χ0) is 16.2. The zero-order valence-electron chi connectivity index (χ0n) is 12.4. The van der Waals surface area contributed by atoms with Gasteiger partial charge in [0, 0.05) is 19.3 Å². The second kappa shape index (κ2) is 6.72. The molecule has 0 unspecified atom stereocenters. The van der Waals surface area contributed by atoms with E-state index in [-0.39, 0.29) is 24.3 Å². The topological polar surface area (TPSA) is 102 Å². The summed E-state index contributed by atoms with van der Waals surface area (Å²) < 4.78 is 25.6. The van der Waals surface area contributed by atoms with Crippen molar-refractivity contribution in [2.24, 2.45) is 0 Å². The summed E-state index contributed by atoms with van der Waals surface area (Å²) in [6.45, 7) is 5.21. The highest BCUT2D eigenvalue weighted by Crippen LogP contribution is 2.03. The van der Waals surface area contributed by atoms with Gasteiger partial charge in [-0.1, -0.05) is 0 Å². The van der Waals surface area contributed by atoms with Crippen LogP contribution in [0.4, 0.5) is 0 Å². The van der Waals surface area contributed by atoms with Crippen LogP contribution in [0.3, 0.4) is 0 Å². The Balaban J connectivity index is 3.08. The van der Waals surface area contributed by atoms with Gasteiger partial charge < -0.3 is 0 Å². The number of sulfone groups is 1. The van der Waals surface area contributed by atoms with Crippen molar-refractivity contribution >= 4 is 9.84 Å². The van der Waals surface area contributed by atoms with Crippen LogP contribution in [0.1, 0.15) is 32.8 Å². The molecule has 8 heteroatoms. The number of aryl methyl sites for hydroxylation is 1. The second-order valence-electron chi connectivity index (χ2n) is 4.95. The predicted octanol–water partition coefficient (Wildman–Crippen LogP) is 0.115. The van der Waals surface area contributed by atoms with Crippen molar-refractivity contribution in [3.8, 4) is 6.07 Å². The van der Waals surface area contributed by atoms with Crippen molar-refractivity contribution in [3.05, 3.63) is 32.6 Å². The fourth-order valence-corrected chi connectivity index (χ4v) is 2.82. The number of hydrogen-bond acceptors (Lipinski definition) is 5. The minimum atomic E-state index is -3.21. The molecule has 0 aliphatic heterocycles. The normalized spacial score (nSPS) is 11.6. The first-order valence-corrected chi connectivity index (χ1v) is 8.42. The number of hydrogen-bond donors (Lipinski definition) is 0. The number of aromatic nitrogens is 2. The number of nitrogens with zero attached hydrogens (tertiary/aromatic N) is 3. The van der Waals surface area contributed by atoms with Gasteiger partial charge in [0.1, 0.15) is 11.6 Å². The molecule has 21 heavy (non-hydrogen) atoms. The fraction of sp³-hybridized carbons (Fsp3) is 0.615. The first-order chi connectivity index (χ1) is 9.74. The third-order valence-electron chi connectivity index (χ3n) is 3.23. The molecule has 0 N–H and O–H groups in total. The molecule has 1 aromatic rings. The molecule has 0 saturated carbocycles. The van der Waals surface area contributed by atoms with Gasteiger partial charge in [0.25, 0.3) is 5.56 Å². The van der Waals surface area contributed by atoms with Gasteiger partial charge >= 0.3 is 5.69 Å². The Bertz CT molecular complexity index is 766. The van der Waals surface area contributed by atoms with Crippen molar-refractivity contribution in [2.45, 2.75) is 45.5 Å². The summed E-state index contributed by atoms with van der Waals surface area (Å²) in [6.07, 6.45) is 1.39. The zero-order valence-corrected chi connectivity index (χ0v) is 13.2. The van der Waals surface area contributed by atoms with E-state index in [9.17, 15) is 18.0 Å². The maximum Gasteiger partial charge on any atom is 0.331 e. The molecule has 0 saturated heterocycles. The van der Waals surface area contributed by atoms with Crippen LogP contribution in [0.15, 0.2) is 15.8 Å². The van der Waals surface area contributed by atoms with Crippen LogP contribution >= 0.6 is 0 Å². The van der Waals surface area contributed by atoms with E-state index in [4.69, 9.17) is 5.26 Å². The molecule has 0 atom stereocenters. The van der Waals surface area contributed by atoms with E-state index in [1.807, 2.05) is 0 Å². The van der Waals surface area contributed by atoms with Crippen molar-refractivity contribution in [1.29, 1.82) is 5.26 Å². The van der Waals surface area contributed by atoms with Crippen LogP contribution in [0.25, 0.3) is 0 Å². The van der Waals surface area contributed by atoms with Gasteiger partial charge in [-0.2, -0.15) is 5.26 Å². The molecule has 1 aromatic heterocycles. The van der Waals surface area contributed by atoms with Gasteiger partial charge in [0.05, 0.1) is 11.0 Å². The molecule has 7 nitrogen and oxygen atoms in total. The first-order valence-electron chi connectivity index (χ1n) is 6.70. The van der Waals surface area contributed by atoms with Gasteiger partial charge in [-0.3, -0.25) is 13.9 Å². The molecule has 0 bridgehead atoms. The molecular formula is C13H19N3O4S. The molecule has 1 heterocycles. The summed E-state index contributed by atoms with van der Waals surface area (Å²) in [6, 6.07) is 1.75. The fourth-order valence-electron chi connectivity index (χ4n) is 1.81. The maximum absolute atomic E-state index is 12.0. The van der Waals surface area contributed by atoms with Crippen molar-refractivity contribution in [3.63, 3.8) is 0 Å². The predicted molar refractivity (Wildman–Crippen MR) is 78.9 cm³/mol. The average molecular weight is 313 g/mol. The lowest BCUT2D eigenvalue weighted by Gasteiger charge is -2.10. The third kappa shape index (κ3) is 3.82. The first kappa shape index (κ1) is 17.2. The van der Waals surface area contributed by atoms with Crippen LogP contribution in [0, 0.1) is 11.3 Å². The minimum Gasteiger partial charge on any atom is -0.299 e. The van der Waals surface area contributed by atoms with Crippen molar-refractivity contribution < 1.29 is 8.42 Å². The standard InChI is InChI=1S/C13H19N3O4S/c1-4-15-9-11(8-14)12(17)16(13(15)18)6-5-7-21(19,20)10(2)3/h9-10H,4-7H2,1-3H3. The van der Waals surface area contributed by atoms with Crippen molar-refractivity contribution in [2.75, 3.05) is 5.75 Å². The summed E-state index contributed by atoms with van der Waals surface area (Å²) in [7, 11) is -3.21. The Morgan fingerprint density at radius 2 is 1.95 bits per heavy atom. The molecule has 0 amide bonds. The average Bonchev–Trinajstić information content (AvgIpc) is 2.42. The van der Waals surface area contributed by atoms with E-state index < -0.39 is 26.3 Å². The Hall–Kier alpha value is -1.88. The summed E-state index contributed by atoms with van der Waals surface area (Å²) in [4.78, 5) is 24.0. The van der Waals surface area contributed by atoms with Crippen molar-refractivity contribution in [1.82, 2.24) is 9.13 Å². The van der Waals surface area contributed by atoms with E-state index in [0.717, 1.165) is 4.57 Å². The quantitative estimate of drug-likeness (QED) is 0.742. The number of nitriles is 1. The summed E-state index contributed by atoms with van der Waals surface area (Å²) >= 11 is 0. The summed E-state index contributed by atoms with van der Waals surface area (Å²) in [5.41, 5.74) is -1.32. The van der Waals surface area contributed by atoms with E-state index in [0.29, 0.717) is 6.54 Å². The highest BCUT2D eigenvalue weighted by Gasteiger charge is 2.16. The van der Waals surface area contributed by atoms with E-state index in [2.05, 4.69) is 0 Å². The van der Waals surface area contributed by atoms with E-state index in [1.165, 1.54) is 10.8 Å². The lowest BCUT2D eigenvalue weighted by Crippen LogP contribution is -2.41. The number of rotatable bonds is 6. The molecule has 0 fully saturated rings. The Morgan fingerprint density at radius 1 is 1.33 bits per heavy atom. The highest BCUT2D eigenvalue weighted by molar-refractivity contribution is 7.91. The largest absolute Gasteiger partial charge is 0.331 e. The van der Waals surface area contributed by atoms with Gasteiger partial charge in [0.2, 0.25) is 0 Å². The lowest BCUT2D eigenvalue weighted by atomic mass is 10.3. The van der Waals surface area contributed by atoms with Crippen LogP contribution in [-0.2, 0) is 22.9 Å².